The Morgan fingerprint density at radius 2 is 1.70 bits per heavy atom. The maximum Gasteiger partial charge on any atom is 0.325 e. The largest absolute Gasteiger partial charge is 0.354 e. The zero-order valence-electron chi connectivity index (χ0n) is 24.8. The van der Waals surface area contributed by atoms with Crippen molar-refractivity contribution in [3.8, 4) is 6.07 Å². The molecule has 43 heavy (non-hydrogen) atoms. The van der Waals surface area contributed by atoms with E-state index in [-0.39, 0.29) is 23.9 Å². The molecule has 0 bridgehead atoms. The number of aromatic nitrogens is 2. The van der Waals surface area contributed by atoms with Crippen molar-refractivity contribution in [2.24, 2.45) is 5.41 Å². The number of likely N-dealkylation sites (tertiary alicyclic amines) is 1. The molecule has 0 radical (unpaired) electrons. The number of fused-ring (bicyclic) bond motifs is 3. The highest BCUT2D eigenvalue weighted by Gasteiger charge is 2.53. The molecule has 3 aliphatic rings. The Balaban J connectivity index is 1.22. The van der Waals surface area contributed by atoms with Crippen molar-refractivity contribution < 1.29 is 14.4 Å². The summed E-state index contributed by atoms with van der Waals surface area (Å²) in [5.74, 6) is 0.514. The van der Waals surface area contributed by atoms with E-state index in [1.54, 1.807) is 29.4 Å². The fourth-order valence-electron chi connectivity index (χ4n) is 6.43. The van der Waals surface area contributed by atoms with Crippen LogP contribution in [0.25, 0.3) is 10.8 Å². The van der Waals surface area contributed by atoms with Crippen molar-refractivity contribution in [3.63, 3.8) is 0 Å². The standard InChI is InChI=1S/C32H36N8O3/c1-31(2,3)21-39-17-16-38(20-25-23-6-4-5-7-24(23)26(18-33)35-27(25)39)30(43)37-14-10-32(11-15-37)28(41)40(29(42)36-32)19-22-8-12-34-13-9-22/h4-9,12-13H,10-11,14-17,19-21H2,1-3H3,(H,36,42). The molecule has 5 heterocycles. The van der Waals surface area contributed by atoms with Gasteiger partial charge in [0.2, 0.25) is 0 Å². The van der Waals surface area contributed by atoms with E-state index < -0.39 is 11.6 Å². The van der Waals surface area contributed by atoms with Crippen LogP contribution in [-0.4, -0.2) is 80.9 Å². The monoisotopic (exact) mass is 580 g/mol. The van der Waals surface area contributed by atoms with Crippen molar-refractivity contribution >= 4 is 34.6 Å². The summed E-state index contributed by atoms with van der Waals surface area (Å²) in [6, 6.07) is 13.1. The topological polar surface area (TPSA) is 126 Å². The molecule has 222 valence electrons. The van der Waals surface area contributed by atoms with Gasteiger partial charge in [-0.05, 0) is 41.3 Å². The van der Waals surface area contributed by atoms with Gasteiger partial charge in [-0.1, -0.05) is 45.0 Å². The molecule has 11 heteroatoms. The van der Waals surface area contributed by atoms with Gasteiger partial charge < -0.3 is 20.0 Å². The van der Waals surface area contributed by atoms with Gasteiger partial charge in [-0.25, -0.2) is 14.6 Å². The molecule has 5 amide bonds. The third-order valence-corrected chi connectivity index (χ3v) is 8.55. The third kappa shape index (κ3) is 5.33. The number of pyridine rings is 2. The third-order valence-electron chi connectivity index (χ3n) is 8.55. The molecule has 2 saturated heterocycles. The second-order valence-electron chi connectivity index (χ2n) is 12.9. The summed E-state index contributed by atoms with van der Waals surface area (Å²) in [7, 11) is 0. The molecular weight excluding hydrogens is 544 g/mol. The van der Waals surface area contributed by atoms with Gasteiger partial charge in [-0.15, -0.1) is 0 Å². The number of anilines is 1. The van der Waals surface area contributed by atoms with Crippen LogP contribution in [0, 0.1) is 16.7 Å². The van der Waals surface area contributed by atoms with Gasteiger partial charge in [0.15, 0.2) is 5.69 Å². The van der Waals surface area contributed by atoms with Crippen LogP contribution in [0.4, 0.5) is 15.4 Å². The first kappa shape index (κ1) is 28.4. The summed E-state index contributed by atoms with van der Waals surface area (Å²) in [5.41, 5.74) is 1.12. The number of imide groups is 1. The number of urea groups is 2. The highest BCUT2D eigenvalue weighted by atomic mass is 16.2. The van der Waals surface area contributed by atoms with E-state index in [1.807, 2.05) is 29.2 Å². The van der Waals surface area contributed by atoms with Crippen molar-refractivity contribution in [2.75, 3.05) is 37.6 Å². The molecule has 0 saturated carbocycles. The zero-order valence-corrected chi connectivity index (χ0v) is 24.8. The van der Waals surface area contributed by atoms with E-state index in [9.17, 15) is 19.6 Å². The molecule has 1 N–H and O–H groups in total. The number of rotatable bonds is 3. The number of carbonyl (C=O) groups is 3. The number of hydrogen-bond acceptors (Lipinski definition) is 7. The molecule has 0 aliphatic carbocycles. The van der Waals surface area contributed by atoms with Crippen LogP contribution in [0.5, 0.6) is 0 Å². The lowest BCUT2D eigenvalue weighted by Crippen LogP contribution is -2.57. The molecule has 1 spiro atoms. The van der Waals surface area contributed by atoms with Crippen molar-refractivity contribution in [1.29, 1.82) is 5.26 Å². The van der Waals surface area contributed by atoms with Crippen molar-refractivity contribution in [3.05, 3.63) is 65.6 Å². The van der Waals surface area contributed by atoms with Crippen LogP contribution in [0.3, 0.4) is 0 Å². The summed E-state index contributed by atoms with van der Waals surface area (Å²) in [5, 5.41) is 14.5. The average molecular weight is 581 g/mol. The molecule has 2 aromatic heterocycles. The minimum atomic E-state index is -0.996. The number of hydrogen-bond donors (Lipinski definition) is 1. The molecule has 2 fully saturated rings. The number of benzene rings is 1. The fraction of sp³-hybridized carbons (Fsp3) is 0.438. The lowest BCUT2D eigenvalue weighted by atomic mass is 9.87. The number of amides is 5. The lowest BCUT2D eigenvalue weighted by Gasteiger charge is -2.39. The van der Waals surface area contributed by atoms with Gasteiger partial charge in [0.1, 0.15) is 17.4 Å². The highest BCUT2D eigenvalue weighted by Crippen LogP contribution is 2.35. The Morgan fingerprint density at radius 1 is 1.00 bits per heavy atom. The number of carbonyl (C=O) groups excluding carboxylic acids is 3. The van der Waals surface area contributed by atoms with Crippen LogP contribution in [0.2, 0.25) is 0 Å². The zero-order chi connectivity index (χ0) is 30.4. The van der Waals surface area contributed by atoms with Crippen LogP contribution in [0.15, 0.2) is 48.8 Å². The quantitative estimate of drug-likeness (QED) is 0.466. The van der Waals surface area contributed by atoms with Gasteiger partial charge in [0.05, 0.1) is 13.1 Å². The Hall–Kier alpha value is -4.72. The SMILES string of the molecule is CC(C)(C)CN1CCN(C(=O)N2CCC3(CC2)NC(=O)N(Cc2ccncc2)C3=O)Cc2c1nc(C#N)c1ccccc21. The Kier molecular flexibility index (Phi) is 7.16. The van der Waals surface area contributed by atoms with Gasteiger partial charge in [-0.2, -0.15) is 5.26 Å². The predicted molar refractivity (Wildman–Crippen MR) is 161 cm³/mol. The Morgan fingerprint density at radius 3 is 2.37 bits per heavy atom. The smallest absolute Gasteiger partial charge is 0.325 e. The molecule has 3 aromatic rings. The van der Waals surface area contributed by atoms with Gasteiger partial charge >= 0.3 is 12.1 Å². The van der Waals surface area contributed by atoms with E-state index in [4.69, 9.17) is 4.98 Å². The average Bonchev–Trinajstić information content (AvgIpc) is 3.11. The van der Waals surface area contributed by atoms with E-state index in [0.717, 1.165) is 34.3 Å². The summed E-state index contributed by atoms with van der Waals surface area (Å²) < 4.78 is 0. The molecule has 3 aliphatic heterocycles. The van der Waals surface area contributed by atoms with E-state index in [2.05, 4.69) is 42.0 Å². The Labute approximate surface area is 251 Å². The number of piperidine rings is 1. The number of nitrogens with zero attached hydrogens (tertiary/aromatic N) is 7. The van der Waals surface area contributed by atoms with Crippen molar-refractivity contribution in [1.82, 2.24) is 30.0 Å². The fourth-order valence-corrected chi connectivity index (χ4v) is 6.43. The molecule has 6 rings (SSSR count). The number of nitriles is 1. The van der Waals surface area contributed by atoms with E-state index in [0.29, 0.717) is 51.3 Å². The van der Waals surface area contributed by atoms with Crippen LogP contribution in [-0.2, 0) is 17.9 Å². The first-order valence-electron chi connectivity index (χ1n) is 14.7. The molecular formula is C32H36N8O3. The normalized spacial score (nSPS) is 18.5. The molecule has 0 atom stereocenters. The summed E-state index contributed by atoms with van der Waals surface area (Å²) in [6.07, 6.45) is 3.98. The minimum absolute atomic E-state index is 0.0265. The molecule has 11 nitrogen and oxygen atoms in total. The first-order chi connectivity index (χ1) is 20.6. The maximum absolute atomic E-state index is 14.0. The van der Waals surface area contributed by atoms with E-state index in [1.165, 1.54) is 4.90 Å². The van der Waals surface area contributed by atoms with E-state index >= 15 is 0 Å². The predicted octanol–water partition coefficient (Wildman–Crippen LogP) is 3.88. The minimum Gasteiger partial charge on any atom is -0.354 e. The highest BCUT2D eigenvalue weighted by molar-refractivity contribution is 6.07. The van der Waals surface area contributed by atoms with Gasteiger partial charge in [-0.3, -0.25) is 14.7 Å². The maximum atomic E-state index is 14.0. The molecule has 1 aromatic carbocycles. The Bertz CT molecular complexity index is 1620. The van der Waals surface area contributed by atoms with Gasteiger partial charge in [0, 0.05) is 56.1 Å². The second kappa shape index (κ2) is 10.8. The summed E-state index contributed by atoms with van der Waals surface area (Å²) in [6.45, 7) is 9.57. The summed E-state index contributed by atoms with van der Waals surface area (Å²) in [4.78, 5) is 56.2. The lowest BCUT2D eigenvalue weighted by molar-refractivity contribution is -0.133. The van der Waals surface area contributed by atoms with Crippen LogP contribution in [0.1, 0.15) is 50.4 Å². The van der Waals surface area contributed by atoms with Crippen LogP contribution >= 0.6 is 0 Å². The summed E-state index contributed by atoms with van der Waals surface area (Å²) >= 11 is 0. The van der Waals surface area contributed by atoms with Crippen molar-refractivity contribution in [2.45, 2.75) is 52.2 Å². The first-order valence-corrected chi connectivity index (χ1v) is 14.7. The van der Waals surface area contributed by atoms with Crippen LogP contribution < -0.4 is 10.2 Å². The number of nitrogens with one attached hydrogen (secondary N) is 1. The second-order valence-corrected chi connectivity index (χ2v) is 12.9. The molecule has 0 unspecified atom stereocenters. The van der Waals surface area contributed by atoms with Gasteiger partial charge in [0.25, 0.3) is 5.91 Å².